The second-order valence-electron chi connectivity index (χ2n) is 7.27. The van der Waals surface area contributed by atoms with Crippen LogP contribution in [0.25, 0.3) is 11.4 Å². The van der Waals surface area contributed by atoms with Crippen LogP contribution < -0.4 is 19.9 Å². The van der Waals surface area contributed by atoms with E-state index in [4.69, 9.17) is 24.9 Å². The molecule has 0 amide bonds. The molecule has 1 aliphatic heterocycles. The van der Waals surface area contributed by atoms with E-state index in [1.54, 1.807) is 21.3 Å². The standard InChI is InChI=1S/C23H26N4O3/c1-28-20-11-22(30-3)21(29-2)10-16(20)13-27-9-8-19-17(14-27)12-25-23(26-19)15-4-6-18(24)7-5-15/h4-7,10-12H,8-9,13-14,24H2,1-3H3. The average Bonchev–Trinajstić information content (AvgIpc) is 2.79. The Morgan fingerprint density at radius 1 is 0.967 bits per heavy atom. The predicted octanol–water partition coefficient (Wildman–Crippen LogP) is 3.31. The summed E-state index contributed by atoms with van der Waals surface area (Å²) in [4.78, 5) is 11.7. The number of rotatable bonds is 6. The number of hydrogen-bond acceptors (Lipinski definition) is 7. The molecule has 7 heteroatoms. The molecule has 0 bridgehead atoms. The molecule has 0 saturated heterocycles. The van der Waals surface area contributed by atoms with Crippen LogP contribution in [0.1, 0.15) is 16.8 Å². The third kappa shape index (κ3) is 4.02. The molecule has 7 nitrogen and oxygen atoms in total. The Balaban J connectivity index is 1.53. The van der Waals surface area contributed by atoms with Crippen molar-refractivity contribution in [2.24, 2.45) is 0 Å². The van der Waals surface area contributed by atoms with Gasteiger partial charge in [0.25, 0.3) is 0 Å². The van der Waals surface area contributed by atoms with Gasteiger partial charge in [-0.15, -0.1) is 0 Å². The molecular weight excluding hydrogens is 380 g/mol. The number of hydrogen-bond donors (Lipinski definition) is 1. The molecule has 0 unspecified atom stereocenters. The zero-order valence-corrected chi connectivity index (χ0v) is 17.5. The van der Waals surface area contributed by atoms with Crippen LogP contribution in [-0.2, 0) is 19.5 Å². The van der Waals surface area contributed by atoms with Crippen molar-refractivity contribution in [2.75, 3.05) is 33.6 Å². The molecule has 4 rings (SSSR count). The van der Waals surface area contributed by atoms with Gasteiger partial charge in [-0.05, 0) is 30.3 Å². The quantitative estimate of drug-likeness (QED) is 0.629. The lowest BCUT2D eigenvalue weighted by molar-refractivity contribution is 0.238. The van der Waals surface area contributed by atoms with Crippen molar-refractivity contribution in [1.29, 1.82) is 0 Å². The molecule has 0 spiro atoms. The number of aromatic nitrogens is 2. The summed E-state index contributed by atoms with van der Waals surface area (Å²) >= 11 is 0. The number of fused-ring (bicyclic) bond motifs is 1. The van der Waals surface area contributed by atoms with Gasteiger partial charge in [0.15, 0.2) is 17.3 Å². The highest BCUT2D eigenvalue weighted by Gasteiger charge is 2.21. The molecule has 1 aliphatic rings. The van der Waals surface area contributed by atoms with Crippen molar-refractivity contribution in [1.82, 2.24) is 14.9 Å². The van der Waals surface area contributed by atoms with Crippen LogP contribution in [0, 0.1) is 0 Å². The zero-order chi connectivity index (χ0) is 21.1. The van der Waals surface area contributed by atoms with E-state index in [1.165, 1.54) is 0 Å². The Bertz CT molecular complexity index is 1040. The lowest BCUT2D eigenvalue weighted by atomic mass is 10.0. The van der Waals surface area contributed by atoms with Crippen molar-refractivity contribution in [3.05, 3.63) is 59.4 Å². The monoisotopic (exact) mass is 406 g/mol. The van der Waals surface area contributed by atoms with Crippen molar-refractivity contribution >= 4 is 5.69 Å². The lowest BCUT2D eigenvalue weighted by Gasteiger charge is -2.28. The van der Waals surface area contributed by atoms with E-state index < -0.39 is 0 Å². The molecule has 0 radical (unpaired) electrons. The number of methoxy groups -OCH3 is 3. The molecule has 2 heterocycles. The van der Waals surface area contributed by atoms with Crippen molar-refractivity contribution in [2.45, 2.75) is 19.5 Å². The summed E-state index contributed by atoms with van der Waals surface area (Å²) in [6.07, 6.45) is 2.81. The average molecular weight is 406 g/mol. The predicted molar refractivity (Wildman–Crippen MR) is 116 cm³/mol. The first-order valence-electron chi connectivity index (χ1n) is 9.83. The highest BCUT2D eigenvalue weighted by Crippen LogP contribution is 2.35. The third-order valence-corrected chi connectivity index (χ3v) is 5.36. The molecule has 0 aliphatic carbocycles. The second kappa shape index (κ2) is 8.59. The number of nitrogens with two attached hydrogens (primary N) is 1. The summed E-state index contributed by atoms with van der Waals surface area (Å²) in [6, 6.07) is 11.5. The van der Waals surface area contributed by atoms with Crippen molar-refractivity contribution in [3.8, 4) is 28.6 Å². The second-order valence-corrected chi connectivity index (χ2v) is 7.27. The van der Waals surface area contributed by atoms with Crippen LogP contribution in [0.15, 0.2) is 42.6 Å². The molecule has 156 valence electrons. The van der Waals surface area contributed by atoms with Crippen molar-refractivity contribution < 1.29 is 14.2 Å². The van der Waals surface area contributed by atoms with Gasteiger partial charge in [-0.2, -0.15) is 0 Å². The van der Waals surface area contributed by atoms with Crippen LogP contribution in [0.2, 0.25) is 0 Å². The van der Waals surface area contributed by atoms with Gasteiger partial charge in [-0.25, -0.2) is 9.97 Å². The number of anilines is 1. The maximum absolute atomic E-state index is 5.78. The summed E-state index contributed by atoms with van der Waals surface area (Å²) < 4.78 is 16.4. The Morgan fingerprint density at radius 3 is 2.37 bits per heavy atom. The first-order valence-corrected chi connectivity index (χ1v) is 9.83. The molecule has 3 aromatic rings. The van der Waals surface area contributed by atoms with Gasteiger partial charge >= 0.3 is 0 Å². The van der Waals surface area contributed by atoms with E-state index in [9.17, 15) is 0 Å². The Labute approximate surface area is 176 Å². The van der Waals surface area contributed by atoms with Gasteiger partial charge < -0.3 is 19.9 Å². The first-order chi connectivity index (χ1) is 14.6. The van der Waals surface area contributed by atoms with Crippen LogP contribution in [0.4, 0.5) is 5.69 Å². The largest absolute Gasteiger partial charge is 0.496 e. The summed E-state index contributed by atoms with van der Waals surface area (Å²) in [5.41, 5.74) is 10.8. The van der Waals surface area contributed by atoms with Gasteiger partial charge in [0.05, 0.1) is 27.0 Å². The third-order valence-electron chi connectivity index (χ3n) is 5.36. The Hall–Kier alpha value is -3.32. The molecule has 1 aromatic heterocycles. The van der Waals surface area contributed by atoms with E-state index in [-0.39, 0.29) is 0 Å². The molecule has 0 fully saturated rings. The molecule has 0 atom stereocenters. The molecule has 30 heavy (non-hydrogen) atoms. The smallest absolute Gasteiger partial charge is 0.164 e. The lowest BCUT2D eigenvalue weighted by Crippen LogP contribution is -2.31. The minimum Gasteiger partial charge on any atom is -0.496 e. The van der Waals surface area contributed by atoms with Crippen LogP contribution in [0.5, 0.6) is 17.2 Å². The van der Waals surface area contributed by atoms with Gasteiger partial charge in [-0.1, -0.05) is 0 Å². The molecule has 2 aromatic carbocycles. The fraction of sp³-hybridized carbons (Fsp3) is 0.304. The Kier molecular flexibility index (Phi) is 5.72. The summed E-state index contributed by atoms with van der Waals surface area (Å²) in [5.74, 6) is 2.88. The summed E-state index contributed by atoms with van der Waals surface area (Å²) in [5, 5.41) is 0. The van der Waals surface area contributed by atoms with E-state index in [1.807, 2.05) is 42.6 Å². The number of nitrogen functional groups attached to an aromatic ring is 1. The van der Waals surface area contributed by atoms with Gasteiger partial charge in [0.2, 0.25) is 0 Å². The minimum atomic E-state index is 0.658. The minimum absolute atomic E-state index is 0.658. The number of ether oxygens (including phenoxy) is 3. The van der Waals surface area contributed by atoms with Gasteiger partial charge in [-0.3, -0.25) is 4.90 Å². The van der Waals surface area contributed by atoms with Crippen LogP contribution in [-0.4, -0.2) is 42.7 Å². The highest BCUT2D eigenvalue weighted by atomic mass is 16.5. The van der Waals surface area contributed by atoms with E-state index in [0.29, 0.717) is 11.5 Å². The topological polar surface area (TPSA) is 82.7 Å². The van der Waals surface area contributed by atoms with Gasteiger partial charge in [0.1, 0.15) is 5.75 Å². The number of nitrogens with zero attached hydrogens (tertiary/aromatic N) is 3. The fourth-order valence-corrected chi connectivity index (χ4v) is 3.74. The van der Waals surface area contributed by atoms with E-state index >= 15 is 0 Å². The zero-order valence-electron chi connectivity index (χ0n) is 17.5. The van der Waals surface area contributed by atoms with Crippen LogP contribution in [0.3, 0.4) is 0 Å². The van der Waals surface area contributed by atoms with E-state index in [2.05, 4.69) is 9.88 Å². The molecule has 0 saturated carbocycles. The molecular formula is C23H26N4O3. The summed E-state index contributed by atoms with van der Waals surface area (Å²) in [7, 11) is 4.93. The fourth-order valence-electron chi connectivity index (χ4n) is 3.74. The van der Waals surface area contributed by atoms with Crippen LogP contribution >= 0.6 is 0 Å². The maximum Gasteiger partial charge on any atom is 0.164 e. The molecule has 2 N–H and O–H groups in total. The summed E-state index contributed by atoms with van der Waals surface area (Å²) in [6.45, 7) is 2.43. The van der Waals surface area contributed by atoms with E-state index in [0.717, 1.165) is 65.7 Å². The first kappa shape index (κ1) is 20.0. The van der Waals surface area contributed by atoms with Gasteiger partial charge in [0, 0.05) is 60.7 Å². The number of benzene rings is 2. The maximum atomic E-state index is 5.78. The SMILES string of the molecule is COc1cc(OC)c(OC)cc1CN1CCc2nc(-c3ccc(N)cc3)ncc2C1. The van der Waals surface area contributed by atoms with Crippen molar-refractivity contribution in [3.63, 3.8) is 0 Å². The Morgan fingerprint density at radius 2 is 1.67 bits per heavy atom. The highest BCUT2D eigenvalue weighted by molar-refractivity contribution is 5.59. The normalized spacial score (nSPS) is 13.6.